The maximum Gasteiger partial charge on any atom is 0.0390 e. The van der Waals surface area contributed by atoms with Crippen molar-refractivity contribution in [2.45, 2.75) is 13.0 Å². The van der Waals surface area contributed by atoms with E-state index in [0.717, 1.165) is 24.1 Å². The van der Waals surface area contributed by atoms with Crippen LogP contribution in [0.1, 0.15) is 6.92 Å². The van der Waals surface area contributed by atoms with E-state index in [9.17, 15) is 0 Å². The van der Waals surface area contributed by atoms with Crippen molar-refractivity contribution in [3.63, 3.8) is 0 Å². The normalized spacial score (nSPS) is 26.1. The fourth-order valence-corrected chi connectivity index (χ4v) is 3.07. The van der Waals surface area contributed by atoms with Gasteiger partial charge in [0.25, 0.3) is 0 Å². The van der Waals surface area contributed by atoms with E-state index in [1.165, 1.54) is 5.69 Å². The molecule has 18 heavy (non-hydrogen) atoms. The van der Waals surface area contributed by atoms with Crippen molar-refractivity contribution in [3.8, 4) is 0 Å². The maximum atomic E-state index is 5.90. The van der Waals surface area contributed by atoms with E-state index in [1.54, 1.807) is 0 Å². The van der Waals surface area contributed by atoms with Gasteiger partial charge in [0.05, 0.1) is 0 Å². The molecular weight excluding hydrogens is 290 g/mol. The second kappa shape index (κ2) is 6.04. The number of benzene rings is 1. The van der Waals surface area contributed by atoms with Gasteiger partial charge in [-0.15, -0.1) is 0 Å². The molecule has 0 saturated carbocycles. The number of nitrogens with zero attached hydrogens (tertiary/aromatic N) is 2. The number of hydrogen-bond acceptors (Lipinski definition) is 3. The highest BCUT2D eigenvalue weighted by atomic mass is 79.9. The molecule has 100 valence electrons. The van der Waals surface area contributed by atoms with Crippen LogP contribution in [0, 0.1) is 5.92 Å². The van der Waals surface area contributed by atoms with Crippen molar-refractivity contribution in [3.05, 3.63) is 28.7 Å². The molecule has 2 N–H and O–H groups in total. The molecule has 0 bridgehead atoms. The van der Waals surface area contributed by atoms with E-state index >= 15 is 0 Å². The molecule has 1 saturated heterocycles. The first-order chi connectivity index (χ1) is 8.60. The van der Waals surface area contributed by atoms with Crippen LogP contribution in [0.15, 0.2) is 28.7 Å². The van der Waals surface area contributed by atoms with Gasteiger partial charge in [-0.2, -0.15) is 0 Å². The standard InChI is InChI=1S/C14H22BrN3/c1-11-8-17(2)14(7-16)10-18(9-11)13-5-3-4-12(15)6-13/h3-6,11,14H,7-10,16H2,1-2H3. The van der Waals surface area contributed by atoms with Crippen LogP contribution < -0.4 is 10.6 Å². The lowest BCUT2D eigenvalue weighted by atomic mass is 10.1. The average molecular weight is 312 g/mol. The topological polar surface area (TPSA) is 32.5 Å². The lowest BCUT2D eigenvalue weighted by Gasteiger charge is -2.29. The zero-order valence-electron chi connectivity index (χ0n) is 11.1. The third-order valence-corrected chi connectivity index (χ3v) is 4.12. The monoisotopic (exact) mass is 311 g/mol. The number of nitrogens with two attached hydrogens (primary N) is 1. The second-order valence-electron chi connectivity index (χ2n) is 5.32. The van der Waals surface area contributed by atoms with Gasteiger partial charge in [-0.25, -0.2) is 0 Å². The van der Waals surface area contributed by atoms with E-state index in [1.807, 2.05) is 0 Å². The molecule has 1 heterocycles. The third kappa shape index (κ3) is 3.25. The van der Waals surface area contributed by atoms with Crippen molar-refractivity contribution >= 4 is 21.6 Å². The zero-order valence-corrected chi connectivity index (χ0v) is 12.7. The van der Waals surface area contributed by atoms with Crippen LogP contribution in [0.2, 0.25) is 0 Å². The van der Waals surface area contributed by atoms with Gasteiger partial charge >= 0.3 is 0 Å². The summed E-state index contributed by atoms with van der Waals surface area (Å²) in [7, 11) is 2.18. The molecule has 1 aliphatic rings. The van der Waals surface area contributed by atoms with Crippen LogP contribution in [0.25, 0.3) is 0 Å². The Morgan fingerprint density at radius 1 is 1.33 bits per heavy atom. The highest BCUT2D eigenvalue weighted by molar-refractivity contribution is 9.10. The predicted molar refractivity (Wildman–Crippen MR) is 81.0 cm³/mol. The third-order valence-electron chi connectivity index (χ3n) is 3.63. The summed E-state index contributed by atoms with van der Waals surface area (Å²) in [5, 5.41) is 0. The van der Waals surface area contributed by atoms with E-state index in [-0.39, 0.29) is 0 Å². The van der Waals surface area contributed by atoms with Crippen LogP contribution in [-0.2, 0) is 0 Å². The highest BCUT2D eigenvalue weighted by Gasteiger charge is 2.25. The Morgan fingerprint density at radius 3 is 2.78 bits per heavy atom. The molecule has 0 amide bonds. The first-order valence-corrected chi connectivity index (χ1v) is 7.30. The van der Waals surface area contributed by atoms with Crippen molar-refractivity contribution in [2.75, 3.05) is 38.1 Å². The summed E-state index contributed by atoms with van der Waals surface area (Å²) in [6.45, 7) is 6.24. The predicted octanol–water partition coefficient (Wildman–Crippen LogP) is 2.16. The van der Waals surface area contributed by atoms with Crippen LogP contribution in [-0.4, -0.2) is 44.2 Å². The fourth-order valence-electron chi connectivity index (χ4n) is 2.68. The molecule has 4 heteroatoms. The lowest BCUT2D eigenvalue weighted by molar-refractivity contribution is 0.244. The number of halogens is 1. The number of hydrogen-bond donors (Lipinski definition) is 1. The first kappa shape index (κ1) is 13.8. The molecule has 0 aliphatic carbocycles. The molecule has 1 aromatic rings. The van der Waals surface area contributed by atoms with Gasteiger partial charge in [-0.1, -0.05) is 28.9 Å². The van der Waals surface area contributed by atoms with Gasteiger partial charge in [0.1, 0.15) is 0 Å². The van der Waals surface area contributed by atoms with Crippen LogP contribution in [0.4, 0.5) is 5.69 Å². The SMILES string of the molecule is CC1CN(c2cccc(Br)c2)CC(CN)N(C)C1. The number of likely N-dealkylation sites (N-methyl/N-ethyl adjacent to an activating group) is 1. The minimum absolute atomic E-state index is 0.439. The van der Waals surface area contributed by atoms with E-state index in [4.69, 9.17) is 5.73 Å². The largest absolute Gasteiger partial charge is 0.370 e. The van der Waals surface area contributed by atoms with Gasteiger partial charge in [0.2, 0.25) is 0 Å². The van der Waals surface area contributed by atoms with Crippen LogP contribution >= 0.6 is 15.9 Å². The molecule has 2 rings (SSSR count). The molecule has 3 nitrogen and oxygen atoms in total. The molecule has 2 unspecified atom stereocenters. The highest BCUT2D eigenvalue weighted by Crippen LogP contribution is 2.23. The molecule has 1 aromatic carbocycles. The number of anilines is 1. The van der Waals surface area contributed by atoms with Gasteiger partial charge in [-0.05, 0) is 31.2 Å². The Balaban J connectivity index is 2.21. The van der Waals surface area contributed by atoms with E-state index in [2.05, 4.69) is 64.0 Å². The zero-order chi connectivity index (χ0) is 13.1. The first-order valence-electron chi connectivity index (χ1n) is 6.51. The molecule has 1 fully saturated rings. The van der Waals surface area contributed by atoms with Crippen LogP contribution in [0.3, 0.4) is 0 Å². The summed E-state index contributed by atoms with van der Waals surface area (Å²) in [4.78, 5) is 4.85. The van der Waals surface area contributed by atoms with Gasteiger partial charge in [-0.3, -0.25) is 0 Å². The molecule has 0 radical (unpaired) electrons. The molecule has 0 spiro atoms. The summed E-state index contributed by atoms with van der Waals surface area (Å²) in [5.74, 6) is 0.658. The van der Waals surface area contributed by atoms with Crippen molar-refractivity contribution < 1.29 is 0 Å². The summed E-state index contributed by atoms with van der Waals surface area (Å²) in [6, 6.07) is 8.96. The quantitative estimate of drug-likeness (QED) is 0.908. The Hall–Kier alpha value is -0.580. The van der Waals surface area contributed by atoms with Crippen molar-refractivity contribution in [1.29, 1.82) is 0 Å². The minimum Gasteiger partial charge on any atom is -0.370 e. The molecule has 2 atom stereocenters. The summed E-state index contributed by atoms with van der Waals surface area (Å²) < 4.78 is 1.13. The fraction of sp³-hybridized carbons (Fsp3) is 0.571. The average Bonchev–Trinajstić information content (AvgIpc) is 2.47. The Bertz CT molecular complexity index is 396. The Labute approximate surface area is 118 Å². The summed E-state index contributed by atoms with van der Waals surface area (Å²) in [5.41, 5.74) is 7.18. The minimum atomic E-state index is 0.439. The lowest BCUT2D eigenvalue weighted by Crippen LogP contribution is -2.43. The smallest absolute Gasteiger partial charge is 0.0390 e. The van der Waals surface area contributed by atoms with Crippen LogP contribution in [0.5, 0.6) is 0 Å². The maximum absolute atomic E-state index is 5.90. The van der Waals surface area contributed by atoms with E-state index < -0.39 is 0 Å². The molecule has 0 aromatic heterocycles. The van der Waals surface area contributed by atoms with Crippen molar-refractivity contribution in [2.24, 2.45) is 11.7 Å². The second-order valence-corrected chi connectivity index (χ2v) is 6.23. The Kier molecular flexibility index (Phi) is 4.65. The Morgan fingerprint density at radius 2 is 2.11 bits per heavy atom. The van der Waals surface area contributed by atoms with Crippen molar-refractivity contribution in [1.82, 2.24) is 4.90 Å². The van der Waals surface area contributed by atoms with Gasteiger partial charge < -0.3 is 15.5 Å². The summed E-state index contributed by atoms with van der Waals surface area (Å²) >= 11 is 3.55. The van der Waals surface area contributed by atoms with E-state index in [0.29, 0.717) is 18.5 Å². The van der Waals surface area contributed by atoms with Gasteiger partial charge in [0, 0.05) is 42.4 Å². The molecular formula is C14H22BrN3. The molecule has 1 aliphatic heterocycles. The van der Waals surface area contributed by atoms with Gasteiger partial charge in [0.15, 0.2) is 0 Å². The number of rotatable bonds is 2. The summed E-state index contributed by atoms with van der Waals surface area (Å²) in [6.07, 6.45) is 0.